The molecule has 1 unspecified atom stereocenters. The number of rotatable bonds is 5. The third-order valence-electron chi connectivity index (χ3n) is 6.11. The van der Waals surface area contributed by atoms with E-state index in [2.05, 4.69) is 4.72 Å². The van der Waals surface area contributed by atoms with Gasteiger partial charge in [0.25, 0.3) is 5.91 Å². The third kappa shape index (κ3) is 4.69. The summed E-state index contributed by atoms with van der Waals surface area (Å²) >= 11 is 6.18. The maximum Gasteiger partial charge on any atom is 0.256 e. The monoisotopic (exact) mass is 504 g/mol. The summed E-state index contributed by atoms with van der Waals surface area (Å²) in [4.78, 5) is 22.2. The Morgan fingerprint density at radius 3 is 2.62 bits per heavy atom. The Bertz CT molecular complexity index is 1370. The van der Waals surface area contributed by atoms with Gasteiger partial charge in [-0.05, 0) is 51.3 Å². The fraction of sp³-hybridized carbons (Fsp3) is 0.435. The summed E-state index contributed by atoms with van der Waals surface area (Å²) in [6.45, 7) is 4.53. The highest BCUT2D eigenvalue weighted by molar-refractivity contribution is 7.92. The summed E-state index contributed by atoms with van der Waals surface area (Å²) in [5.41, 5.74) is 3.87. The predicted octanol–water partition coefficient (Wildman–Crippen LogP) is 3.80. The van der Waals surface area contributed by atoms with Gasteiger partial charge in [-0.25, -0.2) is 13.4 Å². The maximum atomic E-state index is 13.7. The quantitative estimate of drug-likeness (QED) is 0.567. The average Bonchev–Trinajstić information content (AvgIpc) is 3.17. The van der Waals surface area contributed by atoms with E-state index < -0.39 is 10.0 Å². The molecule has 1 atom stereocenters. The first-order chi connectivity index (χ1) is 16.0. The molecule has 0 bridgehead atoms. The number of amides is 1. The third-order valence-corrected chi connectivity index (χ3v) is 6.93. The van der Waals surface area contributed by atoms with E-state index in [1.54, 1.807) is 11.0 Å². The molecule has 9 nitrogen and oxygen atoms in total. The Morgan fingerprint density at radius 2 is 1.94 bits per heavy atom. The van der Waals surface area contributed by atoms with Gasteiger partial charge in [0.15, 0.2) is 5.65 Å². The molecule has 0 saturated carbocycles. The number of hydrogen-bond acceptors (Lipinski definition) is 6. The molecule has 3 aromatic rings. The number of aromatic nitrogens is 3. The lowest BCUT2D eigenvalue weighted by atomic mass is 9.98. The highest BCUT2D eigenvalue weighted by Crippen LogP contribution is 2.35. The van der Waals surface area contributed by atoms with E-state index in [0.29, 0.717) is 11.6 Å². The molecule has 1 N–H and O–H groups in total. The second-order valence-corrected chi connectivity index (χ2v) is 11.1. The molecule has 0 spiro atoms. The van der Waals surface area contributed by atoms with Crippen LogP contribution >= 0.6 is 11.6 Å². The van der Waals surface area contributed by atoms with Crippen LogP contribution in [-0.4, -0.2) is 60.7 Å². The lowest BCUT2D eigenvalue weighted by Gasteiger charge is -2.35. The summed E-state index contributed by atoms with van der Waals surface area (Å²) < 4.78 is 28.0. The summed E-state index contributed by atoms with van der Waals surface area (Å²) in [6, 6.07) is 6.25. The van der Waals surface area contributed by atoms with E-state index in [-0.39, 0.29) is 23.2 Å². The number of hydrogen-bond donors (Lipinski definition) is 1. The lowest BCUT2D eigenvalue weighted by molar-refractivity contribution is 0.0607. The van der Waals surface area contributed by atoms with E-state index >= 15 is 0 Å². The number of sulfonamides is 1. The Kier molecular flexibility index (Phi) is 6.48. The molecule has 182 valence electrons. The van der Waals surface area contributed by atoms with Gasteiger partial charge < -0.3 is 9.80 Å². The van der Waals surface area contributed by atoms with E-state index in [0.717, 1.165) is 53.9 Å². The number of halogens is 1. The molecule has 0 aliphatic carbocycles. The number of nitrogens with one attached hydrogen (secondary N) is 1. The SMILES string of the molecule is Cc1nc2cc(C3CCCCN3C(=O)c3cc(Cl)ccc3NS(C)(=O)=O)nn2c(N(C)C)c1C. The van der Waals surface area contributed by atoms with Gasteiger partial charge in [0.05, 0.1) is 29.2 Å². The zero-order valence-electron chi connectivity index (χ0n) is 20.0. The molecule has 34 heavy (non-hydrogen) atoms. The average molecular weight is 505 g/mol. The Balaban J connectivity index is 1.78. The molecule has 3 heterocycles. The molecule has 1 aromatic carbocycles. The first-order valence-electron chi connectivity index (χ1n) is 11.1. The summed E-state index contributed by atoms with van der Waals surface area (Å²) in [7, 11) is 0.360. The number of benzene rings is 1. The van der Waals surface area contributed by atoms with E-state index in [1.807, 2.05) is 43.4 Å². The van der Waals surface area contributed by atoms with Gasteiger partial charge in [0.1, 0.15) is 5.82 Å². The van der Waals surface area contributed by atoms with Crippen LogP contribution in [0, 0.1) is 13.8 Å². The van der Waals surface area contributed by atoms with Gasteiger partial charge in [0.2, 0.25) is 10.0 Å². The van der Waals surface area contributed by atoms with Crippen molar-refractivity contribution in [3.8, 4) is 0 Å². The summed E-state index contributed by atoms with van der Waals surface area (Å²) in [5, 5.41) is 5.22. The topological polar surface area (TPSA) is 99.9 Å². The number of fused-ring (bicyclic) bond motifs is 1. The Labute approximate surface area is 204 Å². The van der Waals surface area contributed by atoms with Crippen molar-refractivity contribution in [3.63, 3.8) is 0 Å². The van der Waals surface area contributed by atoms with Gasteiger partial charge in [-0.2, -0.15) is 9.61 Å². The number of carbonyl (C=O) groups excluding carboxylic acids is 1. The van der Waals surface area contributed by atoms with Crippen LogP contribution in [0.1, 0.15) is 52.6 Å². The zero-order chi connectivity index (χ0) is 24.8. The number of piperidine rings is 1. The maximum absolute atomic E-state index is 13.7. The van der Waals surface area contributed by atoms with Gasteiger partial charge in [-0.15, -0.1) is 0 Å². The van der Waals surface area contributed by atoms with Gasteiger partial charge in [0, 0.05) is 43.0 Å². The molecule has 1 fully saturated rings. The van der Waals surface area contributed by atoms with Crippen molar-refractivity contribution >= 4 is 44.7 Å². The predicted molar refractivity (Wildman–Crippen MR) is 134 cm³/mol. The molecule has 11 heteroatoms. The molecule has 1 amide bonds. The molecule has 1 saturated heterocycles. The van der Waals surface area contributed by atoms with E-state index in [4.69, 9.17) is 21.7 Å². The highest BCUT2D eigenvalue weighted by Gasteiger charge is 2.32. The van der Waals surface area contributed by atoms with E-state index in [1.165, 1.54) is 12.1 Å². The second-order valence-electron chi connectivity index (χ2n) is 8.95. The Morgan fingerprint density at radius 1 is 1.21 bits per heavy atom. The van der Waals surface area contributed by atoms with Gasteiger partial charge in [-0.1, -0.05) is 11.6 Å². The van der Waals surface area contributed by atoms with Crippen LogP contribution in [0.4, 0.5) is 11.5 Å². The van der Waals surface area contributed by atoms with Crippen LogP contribution in [0.5, 0.6) is 0 Å². The van der Waals surface area contributed by atoms with Crippen LogP contribution < -0.4 is 9.62 Å². The molecule has 1 aliphatic heterocycles. The van der Waals surface area contributed by atoms with Crippen molar-refractivity contribution < 1.29 is 13.2 Å². The summed E-state index contributed by atoms with van der Waals surface area (Å²) in [6.07, 6.45) is 3.61. The largest absolute Gasteiger partial charge is 0.362 e. The number of anilines is 2. The first-order valence-corrected chi connectivity index (χ1v) is 13.4. The van der Waals surface area contributed by atoms with Crippen LogP contribution in [0.15, 0.2) is 24.3 Å². The Hall–Kier alpha value is -2.85. The van der Waals surface area contributed by atoms with Gasteiger partial charge in [-0.3, -0.25) is 9.52 Å². The molecule has 4 rings (SSSR count). The molecule has 0 radical (unpaired) electrons. The van der Waals surface area contributed by atoms with Crippen molar-refractivity contribution in [2.45, 2.75) is 39.2 Å². The second kappa shape index (κ2) is 9.07. The minimum Gasteiger partial charge on any atom is -0.362 e. The number of likely N-dealkylation sites (tertiary alicyclic amines) is 1. The number of aryl methyl sites for hydroxylation is 1. The minimum absolute atomic E-state index is 0.207. The molecule has 2 aromatic heterocycles. The minimum atomic E-state index is -3.57. The van der Waals surface area contributed by atoms with Crippen LogP contribution in [0.25, 0.3) is 5.65 Å². The normalized spacial score (nSPS) is 16.6. The standard InChI is InChI=1S/C23H29ClN6O3S/c1-14-15(2)25-21-13-19(26-30(21)22(14)28(3)4)20-8-6-7-11-29(20)23(31)17-12-16(24)9-10-18(17)27-34(5,32)33/h9-10,12-13,20,27H,6-8,11H2,1-5H3. The van der Waals surface area contributed by atoms with Crippen molar-refractivity contribution in [2.24, 2.45) is 0 Å². The summed E-state index contributed by atoms with van der Waals surface area (Å²) in [5.74, 6) is 0.653. The first kappa shape index (κ1) is 24.3. The van der Waals surface area contributed by atoms with Crippen molar-refractivity contribution in [1.29, 1.82) is 0 Å². The molecule has 1 aliphatic rings. The van der Waals surface area contributed by atoms with Crippen molar-refractivity contribution in [2.75, 3.05) is 36.5 Å². The smallest absolute Gasteiger partial charge is 0.256 e. The van der Waals surface area contributed by atoms with Crippen molar-refractivity contribution in [1.82, 2.24) is 19.5 Å². The van der Waals surface area contributed by atoms with Crippen LogP contribution in [0.3, 0.4) is 0 Å². The van der Waals surface area contributed by atoms with E-state index in [9.17, 15) is 13.2 Å². The fourth-order valence-electron chi connectivity index (χ4n) is 4.51. The molecular formula is C23H29ClN6O3S. The van der Waals surface area contributed by atoms with Crippen LogP contribution in [-0.2, 0) is 10.0 Å². The van der Waals surface area contributed by atoms with Crippen LogP contribution in [0.2, 0.25) is 5.02 Å². The zero-order valence-corrected chi connectivity index (χ0v) is 21.5. The van der Waals surface area contributed by atoms with Gasteiger partial charge >= 0.3 is 0 Å². The fourth-order valence-corrected chi connectivity index (χ4v) is 5.26. The van der Waals surface area contributed by atoms with Crippen molar-refractivity contribution in [3.05, 3.63) is 51.8 Å². The lowest BCUT2D eigenvalue weighted by Crippen LogP contribution is -2.39. The number of nitrogens with zero attached hydrogens (tertiary/aromatic N) is 5. The number of carbonyl (C=O) groups is 1. The molecular weight excluding hydrogens is 476 g/mol. The highest BCUT2D eigenvalue weighted by atomic mass is 35.5.